The summed E-state index contributed by atoms with van der Waals surface area (Å²) in [6.45, 7) is 5.09. The van der Waals surface area contributed by atoms with Gasteiger partial charge in [-0.25, -0.2) is 0 Å². The van der Waals surface area contributed by atoms with Crippen LogP contribution in [0.15, 0.2) is 0 Å². The van der Waals surface area contributed by atoms with Gasteiger partial charge in [-0.3, -0.25) is 0 Å². The molecule has 0 spiro atoms. The molecule has 2 aliphatic rings. The van der Waals surface area contributed by atoms with Crippen LogP contribution >= 0.6 is 0 Å². The normalized spacial score (nSPS) is 36.4. The summed E-state index contributed by atoms with van der Waals surface area (Å²) in [6, 6.07) is 1.68. The van der Waals surface area contributed by atoms with E-state index in [0.29, 0.717) is 0 Å². The maximum absolute atomic E-state index is 3.42. The van der Waals surface area contributed by atoms with Crippen LogP contribution in [0.4, 0.5) is 0 Å². The predicted molar refractivity (Wildman–Crippen MR) is 60.5 cm³/mol. The van der Waals surface area contributed by atoms with Crippen LogP contribution in [0.2, 0.25) is 0 Å². The van der Waals surface area contributed by atoms with Crippen LogP contribution in [0, 0.1) is 5.92 Å². The van der Waals surface area contributed by atoms with Gasteiger partial charge in [0.15, 0.2) is 0 Å². The molecule has 0 unspecified atom stereocenters. The fourth-order valence-corrected chi connectivity index (χ4v) is 2.95. The third-order valence-electron chi connectivity index (χ3n) is 4.15. The number of likely N-dealkylation sites (tertiary alicyclic amines) is 1. The minimum Gasteiger partial charge on any atom is -0.317 e. The average molecular weight is 196 g/mol. The van der Waals surface area contributed by atoms with Crippen molar-refractivity contribution >= 4 is 0 Å². The minimum absolute atomic E-state index is 0.791. The SMILES string of the molecule is CN[C@H]1CC[C@@H](N2CCC(C)CC2)C1. The lowest BCUT2D eigenvalue weighted by Gasteiger charge is -2.35. The van der Waals surface area contributed by atoms with Gasteiger partial charge < -0.3 is 10.2 Å². The topological polar surface area (TPSA) is 15.3 Å². The van der Waals surface area contributed by atoms with Gasteiger partial charge in [0.25, 0.3) is 0 Å². The fourth-order valence-electron chi connectivity index (χ4n) is 2.95. The van der Waals surface area contributed by atoms with E-state index in [2.05, 4.69) is 24.2 Å². The van der Waals surface area contributed by atoms with E-state index >= 15 is 0 Å². The van der Waals surface area contributed by atoms with E-state index in [1.807, 2.05) is 0 Å². The van der Waals surface area contributed by atoms with Crippen molar-refractivity contribution in [2.24, 2.45) is 5.92 Å². The standard InChI is InChI=1S/C12H24N2/c1-10-5-7-14(8-6-10)12-4-3-11(9-12)13-2/h10-13H,3-9H2,1-2H3/t11-,12+/m0/s1. The first-order valence-electron chi connectivity index (χ1n) is 6.21. The molecule has 2 nitrogen and oxygen atoms in total. The van der Waals surface area contributed by atoms with Crippen LogP contribution in [-0.4, -0.2) is 37.1 Å². The summed E-state index contributed by atoms with van der Waals surface area (Å²) in [4.78, 5) is 2.73. The number of nitrogens with zero attached hydrogens (tertiary/aromatic N) is 1. The zero-order chi connectivity index (χ0) is 9.97. The van der Waals surface area contributed by atoms with Crippen molar-refractivity contribution in [2.45, 2.75) is 51.1 Å². The van der Waals surface area contributed by atoms with Crippen LogP contribution in [0.1, 0.15) is 39.0 Å². The second kappa shape index (κ2) is 4.63. The van der Waals surface area contributed by atoms with Crippen LogP contribution in [0.3, 0.4) is 0 Å². The molecule has 0 bridgehead atoms. The van der Waals surface area contributed by atoms with Gasteiger partial charge in [0.2, 0.25) is 0 Å². The van der Waals surface area contributed by atoms with E-state index in [9.17, 15) is 0 Å². The summed E-state index contributed by atoms with van der Waals surface area (Å²) in [5.74, 6) is 0.966. The van der Waals surface area contributed by atoms with Gasteiger partial charge in [-0.2, -0.15) is 0 Å². The molecule has 2 rings (SSSR count). The molecular weight excluding hydrogens is 172 g/mol. The number of piperidine rings is 1. The molecule has 2 fully saturated rings. The molecule has 1 N–H and O–H groups in total. The molecule has 0 amide bonds. The van der Waals surface area contributed by atoms with Crippen LogP contribution in [0.25, 0.3) is 0 Å². The van der Waals surface area contributed by atoms with E-state index in [1.54, 1.807) is 0 Å². The quantitative estimate of drug-likeness (QED) is 0.725. The Morgan fingerprint density at radius 1 is 1.07 bits per heavy atom. The van der Waals surface area contributed by atoms with Crippen molar-refractivity contribution in [3.8, 4) is 0 Å². The number of nitrogens with one attached hydrogen (secondary N) is 1. The highest BCUT2D eigenvalue weighted by Gasteiger charge is 2.29. The second-order valence-corrected chi connectivity index (χ2v) is 5.17. The Labute approximate surface area is 88.1 Å². The zero-order valence-electron chi connectivity index (χ0n) is 9.63. The molecule has 2 atom stereocenters. The van der Waals surface area contributed by atoms with E-state index < -0.39 is 0 Å². The van der Waals surface area contributed by atoms with Crippen LogP contribution < -0.4 is 5.32 Å². The van der Waals surface area contributed by atoms with Gasteiger partial charge in [-0.15, -0.1) is 0 Å². The smallest absolute Gasteiger partial charge is 0.0111 e. The van der Waals surface area contributed by atoms with E-state index in [1.165, 1.54) is 45.2 Å². The molecule has 82 valence electrons. The van der Waals surface area contributed by atoms with Gasteiger partial charge >= 0.3 is 0 Å². The summed E-state index contributed by atoms with van der Waals surface area (Å²) in [7, 11) is 2.10. The van der Waals surface area contributed by atoms with Crippen molar-refractivity contribution < 1.29 is 0 Å². The Morgan fingerprint density at radius 2 is 1.79 bits per heavy atom. The Kier molecular flexibility index (Phi) is 3.45. The Balaban J connectivity index is 1.79. The van der Waals surface area contributed by atoms with E-state index in [-0.39, 0.29) is 0 Å². The van der Waals surface area contributed by atoms with Crippen molar-refractivity contribution in [2.75, 3.05) is 20.1 Å². The maximum Gasteiger partial charge on any atom is 0.0111 e. The Hall–Kier alpha value is -0.0800. The number of hydrogen-bond acceptors (Lipinski definition) is 2. The average Bonchev–Trinajstić information content (AvgIpc) is 2.67. The highest BCUT2D eigenvalue weighted by Crippen LogP contribution is 2.27. The molecule has 0 aromatic rings. The molecule has 0 aromatic heterocycles. The van der Waals surface area contributed by atoms with Crippen molar-refractivity contribution in [3.63, 3.8) is 0 Å². The lowest BCUT2D eigenvalue weighted by molar-refractivity contribution is 0.138. The second-order valence-electron chi connectivity index (χ2n) is 5.17. The van der Waals surface area contributed by atoms with Gasteiger partial charge in [0.1, 0.15) is 0 Å². The fraction of sp³-hybridized carbons (Fsp3) is 1.00. The lowest BCUT2D eigenvalue weighted by Crippen LogP contribution is -2.40. The van der Waals surface area contributed by atoms with Gasteiger partial charge in [0, 0.05) is 12.1 Å². The zero-order valence-corrected chi connectivity index (χ0v) is 9.63. The molecular formula is C12H24N2. The summed E-state index contributed by atoms with van der Waals surface area (Å²) in [5.41, 5.74) is 0. The first kappa shape index (κ1) is 10.4. The highest BCUT2D eigenvalue weighted by atomic mass is 15.2. The third kappa shape index (κ3) is 2.29. The molecule has 0 aromatic carbocycles. The molecule has 14 heavy (non-hydrogen) atoms. The largest absolute Gasteiger partial charge is 0.317 e. The van der Waals surface area contributed by atoms with Crippen molar-refractivity contribution in [1.82, 2.24) is 10.2 Å². The van der Waals surface area contributed by atoms with E-state index in [0.717, 1.165) is 18.0 Å². The monoisotopic (exact) mass is 196 g/mol. The minimum atomic E-state index is 0.791. The first-order valence-corrected chi connectivity index (χ1v) is 6.21. The summed E-state index contributed by atoms with van der Waals surface area (Å²) < 4.78 is 0. The summed E-state index contributed by atoms with van der Waals surface area (Å²) in [5, 5.41) is 3.42. The van der Waals surface area contributed by atoms with Crippen molar-refractivity contribution in [1.29, 1.82) is 0 Å². The van der Waals surface area contributed by atoms with Crippen LogP contribution in [0.5, 0.6) is 0 Å². The molecule has 1 saturated carbocycles. The third-order valence-corrected chi connectivity index (χ3v) is 4.15. The number of hydrogen-bond donors (Lipinski definition) is 1. The summed E-state index contributed by atoms with van der Waals surface area (Å²) in [6.07, 6.45) is 7.01. The maximum atomic E-state index is 3.42. The Morgan fingerprint density at radius 3 is 2.36 bits per heavy atom. The molecule has 0 radical (unpaired) electrons. The molecule has 1 heterocycles. The van der Waals surface area contributed by atoms with Crippen molar-refractivity contribution in [3.05, 3.63) is 0 Å². The lowest BCUT2D eigenvalue weighted by atomic mass is 9.97. The van der Waals surface area contributed by atoms with Gasteiger partial charge in [-0.05, 0) is 58.2 Å². The first-order chi connectivity index (χ1) is 6.79. The predicted octanol–water partition coefficient (Wildman–Crippen LogP) is 1.86. The van der Waals surface area contributed by atoms with Gasteiger partial charge in [-0.1, -0.05) is 6.92 Å². The highest BCUT2D eigenvalue weighted by molar-refractivity contribution is 4.87. The molecule has 1 aliphatic heterocycles. The summed E-state index contributed by atoms with van der Waals surface area (Å²) >= 11 is 0. The van der Waals surface area contributed by atoms with E-state index in [4.69, 9.17) is 0 Å². The molecule has 1 saturated heterocycles. The Bertz CT molecular complexity index is 173. The molecule has 2 heteroatoms. The van der Waals surface area contributed by atoms with Gasteiger partial charge in [0.05, 0.1) is 0 Å². The van der Waals surface area contributed by atoms with Crippen LogP contribution in [-0.2, 0) is 0 Å². The number of rotatable bonds is 2. The molecule has 1 aliphatic carbocycles.